The van der Waals surface area contributed by atoms with Gasteiger partial charge in [-0.2, -0.15) is 8.78 Å². The fourth-order valence-corrected chi connectivity index (χ4v) is 1.77. The van der Waals surface area contributed by atoms with Gasteiger partial charge in [-0.05, 0) is 25.8 Å². The second-order valence-corrected chi connectivity index (χ2v) is 4.09. The number of halogens is 2. The summed E-state index contributed by atoms with van der Waals surface area (Å²) in [4.78, 5) is 15.4. The van der Waals surface area contributed by atoms with Crippen molar-refractivity contribution >= 4 is 22.4 Å². The molecule has 88 valence electrons. The molecule has 1 N–H and O–H groups in total. The molecule has 0 aliphatic rings. The zero-order valence-corrected chi connectivity index (χ0v) is 9.61. The van der Waals surface area contributed by atoms with Gasteiger partial charge >= 0.3 is 0 Å². The lowest BCUT2D eigenvalue weighted by atomic mass is 10.2. The van der Waals surface area contributed by atoms with Crippen LogP contribution in [0.15, 0.2) is 17.5 Å². The topological polar surface area (TPSA) is 42.0 Å². The number of amides is 1. The number of anilines is 1. The average molecular weight is 246 g/mol. The van der Waals surface area contributed by atoms with E-state index >= 15 is 0 Å². The highest BCUT2D eigenvalue weighted by atomic mass is 32.1. The first-order chi connectivity index (χ1) is 7.58. The molecule has 1 amide bonds. The lowest BCUT2D eigenvalue weighted by molar-refractivity contribution is -0.116. The number of aromatic nitrogens is 1. The van der Waals surface area contributed by atoms with Crippen molar-refractivity contribution in [2.45, 2.75) is 26.2 Å². The normalized spacial score (nSPS) is 9.94. The monoisotopic (exact) mass is 246 g/mol. The number of hydrogen-bond donors (Lipinski definition) is 1. The van der Waals surface area contributed by atoms with Crippen molar-refractivity contribution in [1.29, 1.82) is 0 Å². The molecule has 0 bridgehead atoms. The minimum Gasteiger partial charge on any atom is -0.302 e. The molecule has 1 aromatic rings. The number of allylic oxidation sites excluding steroid dienone is 1. The number of thiazole rings is 1. The van der Waals surface area contributed by atoms with Gasteiger partial charge in [0.1, 0.15) is 0 Å². The molecule has 0 unspecified atom stereocenters. The summed E-state index contributed by atoms with van der Waals surface area (Å²) in [6.45, 7) is 1.83. The third kappa shape index (κ3) is 4.97. The molecule has 0 aromatic carbocycles. The number of carbonyl (C=O) groups excluding carboxylic acids is 1. The maximum atomic E-state index is 11.7. The van der Waals surface area contributed by atoms with E-state index < -0.39 is 6.08 Å². The number of nitrogens with one attached hydrogen (secondary N) is 1. The third-order valence-corrected chi connectivity index (χ3v) is 2.65. The van der Waals surface area contributed by atoms with Gasteiger partial charge in [-0.15, -0.1) is 11.3 Å². The first kappa shape index (κ1) is 12.8. The summed E-state index contributed by atoms with van der Waals surface area (Å²) in [5.74, 6) is -0.193. The van der Waals surface area contributed by atoms with Crippen LogP contribution in [0.4, 0.5) is 13.9 Å². The molecule has 0 saturated carbocycles. The van der Waals surface area contributed by atoms with Crippen molar-refractivity contribution in [2.24, 2.45) is 0 Å². The Morgan fingerprint density at radius 3 is 2.94 bits per heavy atom. The van der Waals surface area contributed by atoms with Gasteiger partial charge in [-0.25, -0.2) is 4.98 Å². The van der Waals surface area contributed by atoms with Crippen molar-refractivity contribution in [3.8, 4) is 0 Å². The first-order valence-electron chi connectivity index (χ1n) is 4.81. The lowest BCUT2D eigenvalue weighted by Gasteiger charge is -1.99. The molecule has 6 heteroatoms. The molecule has 1 rings (SSSR count). The summed E-state index contributed by atoms with van der Waals surface area (Å²) in [6.07, 6.45) is -0.0281. The van der Waals surface area contributed by atoms with E-state index in [1.807, 2.05) is 12.3 Å². The summed E-state index contributed by atoms with van der Waals surface area (Å²) in [5.41, 5.74) is 0.850. The Morgan fingerprint density at radius 2 is 2.38 bits per heavy atom. The highest BCUT2D eigenvalue weighted by Crippen LogP contribution is 2.15. The number of nitrogens with zero attached hydrogens (tertiary/aromatic N) is 1. The van der Waals surface area contributed by atoms with Crippen LogP contribution >= 0.6 is 11.3 Å². The Kier molecular flexibility index (Phi) is 5.04. The van der Waals surface area contributed by atoms with E-state index in [1.54, 1.807) is 0 Å². The van der Waals surface area contributed by atoms with Crippen LogP contribution in [0.1, 0.15) is 25.0 Å². The van der Waals surface area contributed by atoms with Crippen LogP contribution in [-0.4, -0.2) is 10.9 Å². The van der Waals surface area contributed by atoms with Crippen LogP contribution in [-0.2, 0) is 4.79 Å². The molecule has 0 atom stereocenters. The summed E-state index contributed by atoms with van der Waals surface area (Å²) < 4.78 is 23.3. The standard InChI is InChI=1S/C10H12F2N2OS/c1-7-6-16-10(13-7)14-9(15)5-3-2-4-8(11)12/h4,6H,2-3,5H2,1H3,(H,13,14,15). The van der Waals surface area contributed by atoms with E-state index in [0.29, 0.717) is 11.6 Å². The fourth-order valence-electron chi connectivity index (χ4n) is 1.07. The number of aryl methyl sites for hydroxylation is 1. The highest BCUT2D eigenvalue weighted by Gasteiger charge is 2.04. The second-order valence-electron chi connectivity index (χ2n) is 3.23. The van der Waals surface area contributed by atoms with Gasteiger partial charge in [0, 0.05) is 11.8 Å². The fraction of sp³-hybridized carbons (Fsp3) is 0.400. The average Bonchev–Trinajstić information content (AvgIpc) is 2.58. The van der Waals surface area contributed by atoms with Gasteiger partial charge in [0.05, 0.1) is 5.69 Å². The minimum absolute atomic E-state index is 0.193. The Bertz CT molecular complexity index is 386. The molecule has 0 spiro atoms. The van der Waals surface area contributed by atoms with Crippen LogP contribution in [0.3, 0.4) is 0 Å². The molecule has 0 aliphatic heterocycles. The number of unbranched alkanes of at least 4 members (excludes halogenated alkanes) is 1. The van der Waals surface area contributed by atoms with Crippen molar-refractivity contribution in [1.82, 2.24) is 4.98 Å². The smallest absolute Gasteiger partial charge is 0.266 e. The molecular weight excluding hydrogens is 234 g/mol. The lowest BCUT2D eigenvalue weighted by Crippen LogP contribution is -2.10. The van der Waals surface area contributed by atoms with Crippen LogP contribution < -0.4 is 5.32 Å². The summed E-state index contributed by atoms with van der Waals surface area (Å²) in [6, 6.07) is 0. The zero-order valence-electron chi connectivity index (χ0n) is 8.80. The number of carbonyl (C=O) groups is 1. The predicted molar refractivity (Wildman–Crippen MR) is 59.6 cm³/mol. The van der Waals surface area contributed by atoms with Crippen LogP contribution in [0.2, 0.25) is 0 Å². The predicted octanol–water partition coefficient (Wildman–Crippen LogP) is 3.34. The Labute approximate surface area is 96.2 Å². The van der Waals surface area contributed by atoms with E-state index in [4.69, 9.17) is 0 Å². The molecule has 16 heavy (non-hydrogen) atoms. The summed E-state index contributed by atoms with van der Waals surface area (Å²) in [5, 5.41) is 4.99. The highest BCUT2D eigenvalue weighted by molar-refractivity contribution is 7.13. The largest absolute Gasteiger partial charge is 0.302 e. The Hall–Kier alpha value is -1.30. The maximum absolute atomic E-state index is 11.7. The molecule has 0 radical (unpaired) electrons. The molecule has 0 fully saturated rings. The van der Waals surface area contributed by atoms with Crippen molar-refractivity contribution in [3.05, 3.63) is 23.2 Å². The second kappa shape index (κ2) is 6.32. The molecule has 3 nitrogen and oxygen atoms in total. The van der Waals surface area contributed by atoms with Crippen molar-refractivity contribution in [3.63, 3.8) is 0 Å². The maximum Gasteiger partial charge on any atom is 0.266 e. The van der Waals surface area contributed by atoms with E-state index in [0.717, 1.165) is 11.8 Å². The van der Waals surface area contributed by atoms with Crippen LogP contribution in [0, 0.1) is 6.92 Å². The molecule has 1 heterocycles. The molecule has 0 aliphatic carbocycles. The molecule has 1 aromatic heterocycles. The zero-order chi connectivity index (χ0) is 12.0. The van der Waals surface area contributed by atoms with E-state index in [2.05, 4.69) is 10.3 Å². The van der Waals surface area contributed by atoms with E-state index in [-0.39, 0.29) is 18.7 Å². The van der Waals surface area contributed by atoms with Gasteiger partial charge in [0.25, 0.3) is 6.08 Å². The third-order valence-electron chi connectivity index (χ3n) is 1.77. The Morgan fingerprint density at radius 1 is 1.62 bits per heavy atom. The van der Waals surface area contributed by atoms with Gasteiger partial charge in [-0.1, -0.05) is 0 Å². The summed E-state index contributed by atoms with van der Waals surface area (Å²) in [7, 11) is 0. The van der Waals surface area contributed by atoms with Crippen molar-refractivity contribution < 1.29 is 13.6 Å². The van der Waals surface area contributed by atoms with Gasteiger partial charge in [0.15, 0.2) is 5.13 Å². The number of hydrogen-bond acceptors (Lipinski definition) is 3. The van der Waals surface area contributed by atoms with Crippen LogP contribution in [0.5, 0.6) is 0 Å². The summed E-state index contributed by atoms with van der Waals surface area (Å²) >= 11 is 1.35. The Balaban J connectivity index is 2.24. The van der Waals surface area contributed by atoms with E-state index in [9.17, 15) is 13.6 Å². The van der Waals surface area contributed by atoms with Crippen LogP contribution in [0.25, 0.3) is 0 Å². The van der Waals surface area contributed by atoms with Crippen molar-refractivity contribution in [2.75, 3.05) is 5.32 Å². The van der Waals surface area contributed by atoms with Gasteiger partial charge in [0.2, 0.25) is 5.91 Å². The SMILES string of the molecule is Cc1csc(NC(=O)CCCC=C(F)F)n1. The number of rotatable bonds is 5. The molecular formula is C10H12F2N2OS. The first-order valence-corrected chi connectivity index (χ1v) is 5.69. The van der Waals surface area contributed by atoms with E-state index in [1.165, 1.54) is 11.3 Å². The quantitative estimate of drug-likeness (QED) is 0.809. The van der Waals surface area contributed by atoms with Gasteiger partial charge in [-0.3, -0.25) is 4.79 Å². The van der Waals surface area contributed by atoms with Gasteiger partial charge < -0.3 is 5.32 Å². The molecule has 0 saturated heterocycles. The minimum atomic E-state index is -1.70.